The highest BCUT2D eigenvalue weighted by molar-refractivity contribution is 6.36. The molecule has 3 aromatic rings. The van der Waals surface area contributed by atoms with Crippen molar-refractivity contribution in [3.05, 3.63) is 63.3 Å². The first-order valence-electron chi connectivity index (χ1n) is 12.1. The van der Waals surface area contributed by atoms with E-state index in [0.717, 1.165) is 22.4 Å². The number of fused-ring (bicyclic) bond motifs is 1. The molecule has 0 saturated carbocycles. The van der Waals surface area contributed by atoms with E-state index in [2.05, 4.69) is 31.3 Å². The van der Waals surface area contributed by atoms with Crippen LogP contribution in [0, 0.1) is 27.7 Å². The lowest BCUT2D eigenvalue weighted by molar-refractivity contribution is -0.160. The van der Waals surface area contributed by atoms with E-state index in [1.165, 1.54) is 5.56 Å². The summed E-state index contributed by atoms with van der Waals surface area (Å²) >= 11 is 6.97. The minimum Gasteiger partial charge on any atom is -0.490 e. The zero-order chi connectivity index (χ0) is 26.4. The van der Waals surface area contributed by atoms with E-state index in [4.69, 9.17) is 26.1 Å². The number of nitrogens with zero attached hydrogens (tertiary/aromatic N) is 1. The van der Waals surface area contributed by atoms with Crippen LogP contribution in [0.1, 0.15) is 54.8 Å². The largest absolute Gasteiger partial charge is 0.490 e. The second-order valence-electron chi connectivity index (χ2n) is 10.3. The molecule has 1 atom stereocenters. The monoisotopic (exact) mass is 508 g/mol. The Labute approximate surface area is 217 Å². The van der Waals surface area contributed by atoms with Crippen molar-refractivity contribution >= 4 is 23.3 Å². The molecule has 36 heavy (non-hydrogen) atoms. The summed E-state index contributed by atoms with van der Waals surface area (Å²) in [6.07, 6.45) is -1.23. The average Bonchev–Trinajstić information content (AvgIpc) is 2.81. The predicted molar refractivity (Wildman–Crippen MR) is 144 cm³/mol. The Morgan fingerprint density at radius 2 is 1.86 bits per heavy atom. The first-order chi connectivity index (χ1) is 16.9. The van der Waals surface area contributed by atoms with Gasteiger partial charge in [0.05, 0.1) is 22.0 Å². The Morgan fingerprint density at radius 3 is 2.50 bits per heavy atom. The van der Waals surface area contributed by atoms with Gasteiger partial charge < -0.3 is 19.9 Å². The molecule has 2 heterocycles. The Bertz CT molecular complexity index is 1340. The fraction of sp³-hybridized carbons (Fsp3) is 0.379. The molecule has 0 fully saturated rings. The van der Waals surface area contributed by atoms with Crippen molar-refractivity contribution in [1.82, 2.24) is 4.98 Å². The van der Waals surface area contributed by atoms with Crippen LogP contribution < -0.4 is 10.1 Å². The van der Waals surface area contributed by atoms with Crippen LogP contribution in [-0.2, 0) is 9.53 Å². The average molecular weight is 509 g/mol. The summed E-state index contributed by atoms with van der Waals surface area (Å²) in [6, 6.07) is 9.99. The van der Waals surface area contributed by atoms with Gasteiger partial charge in [-0.3, -0.25) is 4.98 Å². The molecular weight excluding hydrogens is 476 g/mol. The number of ether oxygens (including phenoxy) is 2. The van der Waals surface area contributed by atoms with Gasteiger partial charge in [-0.15, -0.1) is 0 Å². The summed E-state index contributed by atoms with van der Waals surface area (Å²) in [7, 11) is 0. The highest BCUT2D eigenvalue weighted by atomic mass is 35.5. The van der Waals surface area contributed by atoms with E-state index in [1.54, 1.807) is 0 Å². The molecule has 7 heteroatoms. The van der Waals surface area contributed by atoms with Crippen molar-refractivity contribution in [3.63, 3.8) is 0 Å². The number of rotatable bonds is 5. The number of hydrogen-bond acceptors (Lipinski definition) is 5. The van der Waals surface area contributed by atoms with Crippen LogP contribution in [0.2, 0.25) is 5.02 Å². The van der Waals surface area contributed by atoms with Crippen molar-refractivity contribution in [2.45, 2.75) is 60.2 Å². The number of halogens is 1. The van der Waals surface area contributed by atoms with E-state index in [0.29, 0.717) is 52.0 Å². The third-order valence-corrected chi connectivity index (χ3v) is 6.83. The van der Waals surface area contributed by atoms with E-state index < -0.39 is 17.7 Å². The van der Waals surface area contributed by atoms with Gasteiger partial charge in [0, 0.05) is 28.9 Å². The summed E-state index contributed by atoms with van der Waals surface area (Å²) in [5.41, 5.74) is 7.45. The van der Waals surface area contributed by atoms with Crippen molar-refractivity contribution in [2.75, 3.05) is 18.5 Å². The van der Waals surface area contributed by atoms with Crippen molar-refractivity contribution in [2.24, 2.45) is 0 Å². The summed E-state index contributed by atoms with van der Waals surface area (Å²) in [5.74, 6) is -0.403. The van der Waals surface area contributed by atoms with Gasteiger partial charge in [0.2, 0.25) is 0 Å². The maximum atomic E-state index is 12.6. The Kier molecular flexibility index (Phi) is 7.04. The smallest absolute Gasteiger partial charge is 0.337 e. The topological polar surface area (TPSA) is 80.7 Å². The molecule has 1 aliphatic heterocycles. The fourth-order valence-corrected chi connectivity index (χ4v) is 4.93. The van der Waals surface area contributed by atoms with Crippen molar-refractivity contribution in [1.29, 1.82) is 0 Å². The number of carbonyl (C=O) groups is 1. The number of aliphatic carboxylic acids is 1. The van der Waals surface area contributed by atoms with Crippen LogP contribution in [0.25, 0.3) is 22.4 Å². The zero-order valence-corrected chi connectivity index (χ0v) is 22.6. The number of aryl methyl sites for hydroxylation is 3. The lowest BCUT2D eigenvalue weighted by atomic mass is 9.87. The minimum atomic E-state index is -1.23. The van der Waals surface area contributed by atoms with Crippen LogP contribution >= 0.6 is 11.6 Å². The molecule has 0 unspecified atom stereocenters. The zero-order valence-electron chi connectivity index (χ0n) is 21.9. The fourth-order valence-electron chi connectivity index (χ4n) is 4.61. The van der Waals surface area contributed by atoms with Crippen molar-refractivity contribution in [3.8, 4) is 28.1 Å². The van der Waals surface area contributed by atoms with E-state index in [-0.39, 0.29) is 0 Å². The van der Waals surface area contributed by atoms with Gasteiger partial charge in [-0.2, -0.15) is 0 Å². The van der Waals surface area contributed by atoms with Gasteiger partial charge in [0.1, 0.15) is 12.4 Å². The molecule has 0 bridgehead atoms. The van der Waals surface area contributed by atoms with Gasteiger partial charge in [0.15, 0.2) is 6.10 Å². The van der Waals surface area contributed by atoms with Gasteiger partial charge >= 0.3 is 5.97 Å². The third kappa shape index (κ3) is 4.93. The highest BCUT2D eigenvalue weighted by Crippen LogP contribution is 2.47. The summed E-state index contributed by atoms with van der Waals surface area (Å²) in [5, 5.41) is 14.1. The molecule has 2 aromatic carbocycles. The molecule has 0 radical (unpaired) electrons. The molecule has 6 nitrogen and oxygen atoms in total. The molecule has 0 amide bonds. The number of carboxylic acids is 1. The molecule has 2 N–H and O–H groups in total. The Balaban J connectivity index is 2.06. The standard InChI is InChI=1S/C29H33ClN2O4/c1-15-8-9-19(14-16(15)2)25-17(3)22(20-10-11-21-26(24(20)30)31-12-13-35-21)23(18(4)32-25)27(28(33)34)36-29(5,6)7/h8-11,14,27,31H,12-13H2,1-7H3,(H,33,34)/t27-/m0/s1. The first kappa shape index (κ1) is 26.0. The predicted octanol–water partition coefficient (Wildman–Crippen LogP) is 7.05. The minimum absolute atomic E-state index is 0.480. The molecule has 1 aliphatic rings. The van der Waals surface area contributed by atoms with Gasteiger partial charge in [0.25, 0.3) is 0 Å². The highest BCUT2D eigenvalue weighted by Gasteiger charge is 2.34. The SMILES string of the molecule is Cc1ccc(-c2nc(C)c([C@H](OC(C)(C)C)C(=O)O)c(-c3ccc4c(c3Cl)NCCO4)c2C)cc1C. The maximum absolute atomic E-state index is 12.6. The molecular formula is C29H33ClN2O4. The normalized spacial score (nSPS) is 14.0. The number of hydrogen-bond donors (Lipinski definition) is 2. The molecule has 0 aliphatic carbocycles. The number of pyridine rings is 1. The van der Waals surface area contributed by atoms with Crippen LogP contribution in [0.4, 0.5) is 5.69 Å². The number of nitrogens with one attached hydrogen (secondary N) is 1. The maximum Gasteiger partial charge on any atom is 0.337 e. The second-order valence-corrected chi connectivity index (χ2v) is 10.7. The number of anilines is 1. The summed E-state index contributed by atoms with van der Waals surface area (Å²) in [4.78, 5) is 17.5. The number of carboxylic acid groups (broad SMARTS) is 1. The van der Waals surface area contributed by atoms with Gasteiger partial charge in [-0.05, 0) is 88.9 Å². The lowest BCUT2D eigenvalue weighted by Crippen LogP contribution is -2.28. The Hall–Kier alpha value is -3.09. The van der Waals surface area contributed by atoms with Crippen molar-refractivity contribution < 1.29 is 19.4 Å². The molecule has 0 spiro atoms. The quantitative estimate of drug-likeness (QED) is 0.384. The summed E-state index contributed by atoms with van der Waals surface area (Å²) < 4.78 is 11.9. The van der Waals surface area contributed by atoms with Crippen LogP contribution in [-0.4, -0.2) is 34.8 Å². The molecule has 190 valence electrons. The molecule has 1 aromatic heterocycles. The lowest BCUT2D eigenvalue weighted by Gasteiger charge is -2.29. The Morgan fingerprint density at radius 1 is 1.14 bits per heavy atom. The molecule has 4 rings (SSSR count). The van der Waals surface area contributed by atoms with E-state index >= 15 is 0 Å². The van der Waals surface area contributed by atoms with Crippen LogP contribution in [0.5, 0.6) is 5.75 Å². The number of aromatic nitrogens is 1. The van der Waals surface area contributed by atoms with E-state index in [1.807, 2.05) is 52.8 Å². The third-order valence-electron chi connectivity index (χ3n) is 6.44. The molecule has 0 saturated heterocycles. The van der Waals surface area contributed by atoms with Gasteiger partial charge in [-0.1, -0.05) is 23.7 Å². The van der Waals surface area contributed by atoms with Crippen LogP contribution in [0.15, 0.2) is 30.3 Å². The number of benzene rings is 2. The van der Waals surface area contributed by atoms with E-state index in [9.17, 15) is 9.90 Å². The van der Waals surface area contributed by atoms with Crippen LogP contribution in [0.3, 0.4) is 0 Å². The second kappa shape index (κ2) is 9.75. The first-order valence-corrected chi connectivity index (χ1v) is 12.5. The van der Waals surface area contributed by atoms with Gasteiger partial charge in [-0.25, -0.2) is 4.79 Å². The summed E-state index contributed by atoms with van der Waals surface area (Å²) in [6.45, 7) is 14.7.